The summed E-state index contributed by atoms with van der Waals surface area (Å²) >= 11 is 0. The van der Waals surface area contributed by atoms with Crippen LogP contribution in [-0.4, -0.2) is 44.7 Å². The smallest absolute Gasteiger partial charge is 0.245 e. The first-order valence-electron chi connectivity index (χ1n) is 6.57. The van der Waals surface area contributed by atoms with Crippen molar-refractivity contribution in [3.8, 4) is 0 Å². The summed E-state index contributed by atoms with van der Waals surface area (Å²) in [5, 5.41) is 3.66. The quantitative estimate of drug-likeness (QED) is 0.730. The van der Waals surface area contributed by atoms with Gasteiger partial charge in [0.05, 0.1) is 0 Å². The van der Waals surface area contributed by atoms with Crippen LogP contribution in [0.25, 0.3) is 0 Å². The van der Waals surface area contributed by atoms with Gasteiger partial charge < -0.3 is 9.42 Å². The molecule has 0 radical (unpaired) electrons. The molecule has 0 aromatic carbocycles. The Labute approximate surface area is 115 Å². The van der Waals surface area contributed by atoms with Crippen LogP contribution in [0.4, 0.5) is 0 Å². The van der Waals surface area contributed by atoms with Crippen molar-refractivity contribution in [2.24, 2.45) is 0 Å². The van der Waals surface area contributed by atoms with Crippen molar-refractivity contribution in [3.05, 3.63) is 11.5 Å². The van der Waals surface area contributed by atoms with Crippen LogP contribution >= 0.6 is 0 Å². The van der Waals surface area contributed by atoms with Crippen molar-refractivity contribution in [1.29, 1.82) is 0 Å². The minimum atomic E-state index is -3.51. The molecule has 1 aromatic heterocycles. The van der Waals surface area contributed by atoms with Crippen molar-refractivity contribution in [2.75, 3.05) is 26.2 Å². The molecule has 0 saturated heterocycles. The molecule has 110 valence electrons. The van der Waals surface area contributed by atoms with Crippen LogP contribution in [0, 0.1) is 13.8 Å². The molecule has 1 aromatic rings. The van der Waals surface area contributed by atoms with Crippen LogP contribution in [0.5, 0.6) is 0 Å². The highest BCUT2D eigenvalue weighted by Gasteiger charge is 2.23. The second-order valence-electron chi connectivity index (χ2n) is 4.43. The van der Waals surface area contributed by atoms with Crippen LogP contribution in [0.3, 0.4) is 0 Å². The zero-order valence-corrected chi connectivity index (χ0v) is 12.9. The Hall–Kier alpha value is -0.920. The molecule has 0 aliphatic heterocycles. The van der Waals surface area contributed by atoms with E-state index in [9.17, 15) is 8.42 Å². The maximum absolute atomic E-state index is 12.1. The summed E-state index contributed by atoms with van der Waals surface area (Å²) in [6, 6.07) is 0. The number of rotatable bonds is 8. The number of nitrogens with one attached hydrogen (secondary N) is 1. The standard InChI is InChI=1S/C12H23N3O3S/c1-5-15(6-2)9-7-8-13-19(16,17)12-10(3)14-18-11(12)4/h13H,5-9H2,1-4H3. The SMILES string of the molecule is CCN(CC)CCCNS(=O)(=O)c1c(C)noc1C. The summed E-state index contributed by atoms with van der Waals surface area (Å²) in [5.41, 5.74) is 0.397. The fourth-order valence-corrected chi connectivity index (χ4v) is 3.38. The average Bonchev–Trinajstić information content (AvgIpc) is 2.70. The predicted octanol–water partition coefficient (Wildman–Crippen LogP) is 1.30. The summed E-state index contributed by atoms with van der Waals surface area (Å²) in [6.45, 7) is 10.7. The molecular weight excluding hydrogens is 266 g/mol. The molecule has 1 rings (SSSR count). The molecule has 6 nitrogen and oxygen atoms in total. The van der Waals surface area contributed by atoms with Gasteiger partial charge in [-0.05, 0) is 39.9 Å². The van der Waals surface area contributed by atoms with Crippen LogP contribution in [0.2, 0.25) is 0 Å². The van der Waals surface area contributed by atoms with Gasteiger partial charge in [-0.15, -0.1) is 0 Å². The lowest BCUT2D eigenvalue weighted by Gasteiger charge is -2.17. The zero-order chi connectivity index (χ0) is 14.5. The number of hydrogen-bond acceptors (Lipinski definition) is 5. The fraction of sp³-hybridized carbons (Fsp3) is 0.750. The third kappa shape index (κ3) is 4.29. The molecule has 1 N–H and O–H groups in total. The summed E-state index contributed by atoms with van der Waals surface area (Å²) in [5.74, 6) is 0.328. The third-order valence-corrected chi connectivity index (χ3v) is 4.78. The van der Waals surface area contributed by atoms with Gasteiger partial charge in [0.1, 0.15) is 10.6 Å². The lowest BCUT2D eigenvalue weighted by Crippen LogP contribution is -2.30. The molecular formula is C12H23N3O3S. The van der Waals surface area contributed by atoms with E-state index in [2.05, 4.69) is 28.6 Å². The molecule has 0 aliphatic carbocycles. The maximum atomic E-state index is 12.1. The van der Waals surface area contributed by atoms with E-state index in [4.69, 9.17) is 4.52 Å². The first-order chi connectivity index (χ1) is 8.92. The largest absolute Gasteiger partial charge is 0.360 e. The van der Waals surface area contributed by atoms with Gasteiger partial charge in [0.25, 0.3) is 0 Å². The summed E-state index contributed by atoms with van der Waals surface area (Å²) < 4.78 is 31.7. The molecule has 7 heteroatoms. The number of aromatic nitrogens is 1. The minimum absolute atomic E-state index is 0.162. The third-order valence-electron chi connectivity index (χ3n) is 3.07. The Morgan fingerprint density at radius 1 is 1.26 bits per heavy atom. The van der Waals surface area contributed by atoms with E-state index in [1.54, 1.807) is 13.8 Å². The Kier molecular flexibility index (Phi) is 5.96. The Bertz CT molecular complexity index is 473. The van der Waals surface area contributed by atoms with Crippen LogP contribution in [0.15, 0.2) is 9.42 Å². The molecule has 0 unspecified atom stereocenters. The van der Waals surface area contributed by atoms with Gasteiger partial charge in [-0.1, -0.05) is 19.0 Å². The van der Waals surface area contributed by atoms with Crippen molar-refractivity contribution < 1.29 is 12.9 Å². The summed E-state index contributed by atoms with van der Waals surface area (Å²) in [6.07, 6.45) is 0.782. The van der Waals surface area contributed by atoms with Gasteiger partial charge in [0.15, 0.2) is 5.76 Å². The minimum Gasteiger partial charge on any atom is -0.360 e. The van der Waals surface area contributed by atoms with E-state index >= 15 is 0 Å². The summed E-state index contributed by atoms with van der Waals surface area (Å²) in [4.78, 5) is 2.42. The normalized spacial score (nSPS) is 12.3. The van der Waals surface area contributed by atoms with E-state index in [1.807, 2.05) is 0 Å². The van der Waals surface area contributed by atoms with E-state index < -0.39 is 10.0 Å². The monoisotopic (exact) mass is 289 g/mol. The number of hydrogen-bond donors (Lipinski definition) is 1. The van der Waals surface area contributed by atoms with Gasteiger partial charge >= 0.3 is 0 Å². The van der Waals surface area contributed by atoms with E-state index in [1.165, 1.54) is 0 Å². The fourth-order valence-electron chi connectivity index (χ4n) is 1.98. The van der Waals surface area contributed by atoms with Crippen molar-refractivity contribution in [3.63, 3.8) is 0 Å². The van der Waals surface area contributed by atoms with Gasteiger partial charge in [0.2, 0.25) is 10.0 Å². The van der Waals surface area contributed by atoms with E-state index in [0.29, 0.717) is 18.0 Å². The maximum Gasteiger partial charge on any atom is 0.245 e. The van der Waals surface area contributed by atoms with Crippen molar-refractivity contribution >= 4 is 10.0 Å². The van der Waals surface area contributed by atoms with Crippen molar-refractivity contribution in [1.82, 2.24) is 14.8 Å². The molecule has 0 spiro atoms. The zero-order valence-electron chi connectivity index (χ0n) is 12.1. The number of sulfonamides is 1. The van der Waals surface area contributed by atoms with Crippen molar-refractivity contribution in [2.45, 2.75) is 39.0 Å². The van der Waals surface area contributed by atoms with E-state index in [0.717, 1.165) is 26.1 Å². The second-order valence-corrected chi connectivity index (χ2v) is 6.14. The first-order valence-corrected chi connectivity index (χ1v) is 8.05. The van der Waals surface area contributed by atoms with Crippen LogP contribution in [-0.2, 0) is 10.0 Å². The molecule has 0 saturated carbocycles. The van der Waals surface area contributed by atoms with Crippen LogP contribution in [0.1, 0.15) is 31.7 Å². The molecule has 1 heterocycles. The Morgan fingerprint density at radius 3 is 2.37 bits per heavy atom. The number of aryl methyl sites for hydroxylation is 2. The topological polar surface area (TPSA) is 75.4 Å². The molecule has 0 amide bonds. The van der Waals surface area contributed by atoms with Gasteiger partial charge in [-0.25, -0.2) is 13.1 Å². The Balaban J connectivity index is 2.53. The highest BCUT2D eigenvalue weighted by molar-refractivity contribution is 7.89. The van der Waals surface area contributed by atoms with Gasteiger partial charge in [-0.3, -0.25) is 0 Å². The highest BCUT2D eigenvalue weighted by atomic mass is 32.2. The molecule has 0 bridgehead atoms. The number of nitrogens with zero attached hydrogens (tertiary/aromatic N) is 2. The lowest BCUT2D eigenvalue weighted by atomic mass is 10.4. The molecule has 19 heavy (non-hydrogen) atoms. The molecule has 0 fully saturated rings. The average molecular weight is 289 g/mol. The second kappa shape index (κ2) is 7.02. The van der Waals surface area contributed by atoms with Gasteiger partial charge in [-0.2, -0.15) is 0 Å². The highest BCUT2D eigenvalue weighted by Crippen LogP contribution is 2.18. The van der Waals surface area contributed by atoms with E-state index in [-0.39, 0.29) is 4.90 Å². The first kappa shape index (κ1) is 16.1. The van der Waals surface area contributed by atoms with Gasteiger partial charge in [0, 0.05) is 6.54 Å². The van der Waals surface area contributed by atoms with Crippen LogP contribution < -0.4 is 4.72 Å². The molecule has 0 atom stereocenters. The lowest BCUT2D eigenvalue weighted by molar-refractivity contribution is 0.300. The summed E-state index contributed by atoms with van der Waals surface area (Å²) in [7, 11) is -3.51. The predicted molar refractivity (Wildman–Crippen MR) is 73.6 cm³/mol. The Morgan fingerprint density at radius 2 is 1.89 bits per heavy atom. The molecule has 0 aliphatic rings.